The van der Waals surface area contributed by atoms with Gasteiger partial charge in [0.05, 0.1) is 17.9 Å². The van der Waals surface area contributed by atoms with Crippen molar-refractivity contribution in [3.05, 3.63) is 29.8 Å². The van der Waals surface area contributed by atoms with Gasteiger partial charge >= 0.3 is 6.03 Å². The molecule has 3 amide bonds. The second-order valence-electron chi connectivity index (χ2n) is 6.33. The maximum absolute atomic E-state index is 12.1. The first-order valence-electron chi connectivity index (χ1n) is 8.89. The normalized spacial score (nSPS) is 19.3. The zero-order chi connectivity index (χ0) is 18.4. The number of nitrogens with one attached hydrogen (secondary N) is 1. The van der Waals surface area contributed by atoms with E-state index in [-0.39, 0.29) is 17.6 Å². The summed E-state index contributed by atoms with van der Waals surface area (Å²) in [6, 6.07) is 7.35. The molecule has 0 saturated heterocycles. The Kier molecular flexibility index (Phi) is 6.44. The average Bonchev–Trinajstić information content (AvgIpc) is 2.66. The second-order valence-corrected chi connectivity index (χ2v) is 7.33. The van der Waals surface area contributed by atoms with Crippen molar-refractivity contribution in [3.8, 4) is 5.75 Å². The van der Waals surface area contributed by atoms with Gasteiger partial charge in [0.25, 0.3) is 0 Å². The van der Waals surface area contributed by atoms with Crippen LogP contribution in [-0.2, 0) is 11.2 Å². The van der Waals surface area contributed by atoms with Gasteiger partial charge in [0, 0.05) is 18.2 Å². The number of carbonyl (C=O) groups excluding carboxylic acids is 2. The molecule has 0 aromatic heterocycles. The van der Waals surface area contributed by atoms with E-state index in [2.05, 4.69) is 15.3 Å². The Balaban J connectivity index is 1.46. The molecule has 1 fully saturated rings. The zero-order valence-electron chi connectivity index (χ0n) is 14.9. The third-order valence-corrected chi connectivity index (χ3v) is 5.66. The van der Waals surface area contributed by atoms with Gasteiger partial charge < -0.3 is 10.1 Å². The standard InChI is InChI=1S/C19H23N3O3S/c1-25-16-9-5-2-6-13(16)10-11-20-17(23)12-26-18-14-7-3-4-8-15(14)21-19(24)22-18/h2,5-6,9,14H,3-4,7-8,10-12H2,1H3,(H,20,23). The summed E-state index contributed by atoms with van der Waals surface area (Å²) in [5.41, 5.74) is 2.00. The quantitative estimate of drug-likeness (QED) is 0.830. The monoisotopic (exact) mass is 373 g/mol. The number of thioether (sulfide) groups is 1. The number of amides is 3. The lowest BCUT2D eigenvalue weighted by Crippen LogP contribution is -2.32. The van der Waals surface area contributed by atoms with Gasteiger partial charge in [-0.25, -0.2) is 9.79 Å². The van der Waals surface area contributed by atoms with Crippen LogP contribution in [0.1, 0.15) is 31.2 Å². The Labute approximate surface area is 157 Å². The highest BCUT2D eigenvalue weighted by Crippen LogP contribution is 2.30. The number of hydrogen-bond acceptors (Lipinski definition) is 4. The predicted molar refractivity (Wildman–Crippen MR) is 104 cm³/mol. The van der Waals surface area contributed by atoms with Crippen LogP contribution in [0.2, 0.25) is 0 Å². The van der Waals surface area contributed by atoms with Gasteiger partial charge in [0.15, 0.2) is 0 Å². The van der Waals surface area contributed by atoms with Crippen LogP contribution < -0.4 is 10.1 Å². The predicted octanol–water partition coefficient (Wildman–Crippen LogP) is 3.25. The molecule has 1 heterocycles. The van der Waals surface area contributed by atoms with Crippen LogP contribution >= 0.6 is 11.8 Å². The lowest BCUT2D eigenvalue weighted by molar-refractivity contribution is -0.118. The van der Waals surface area contributed by atoms with Crippen molar-refractivity contribution in [3.63, 3.8) is 0 Å². The number of ether oxygens (including phenoxy) is 1. The first-order chi connectivity index (χ1) is 12.7. The minimum absolute atomic E-state index is 0.0556. The summed E-state index contributed by atoms with van der Waals surface area (Å²) in [6.45, 7) is 0.543. The Bertz CT molecular complexity index is 745. The van der Waals surface area contributed by atoms with Gasteiger partial charge in [-0.2, -0.15) is 4.99 Å². The highest BCUT2D eigenvalue weighted by atomic mass is 32.2. The van der Waals surface area contributed by atoms with Gasteiger partial charge in [-0.15, -0.1) is 11.8 Å². The summed E-state index contributed by atoms with van der Waals surface area (Å²) < 4.78 is 5.31. The SMILES string of the molecule is COc1ccccc1CCNC(=O)CSC1=NC(=O)N=C2CCCCC21. The topological polar surface area (TPSA) is 80.1 Å². The van der Waals surface area contributed by atoms with E-state index in [0.717, 1.165) is 47.8 Å². The van der Waals surface area contributed by atoms with E-state index < -0.39 is 6.03 Å². The minimum Gasteiger partial charge on any atom is -0.496 e. The maximum Gasteiger partial charge on any atom is 0.367 e. The molecular formula is C19H23N3O3S. The number of urea groups is 1. The molecule has 138 valence electrons. The number of hydrogen-bond donors (Lipinski definition) is 1. The van der Waals surface area contributed by atoms with Crippen molar-refractivity contribution < 1.29 is 14.3 Å². The third kappa shape index (κ3) is 4.72. The second kappa shape index (κ2) is 8.98. The van der Waals surface area contributed by atoms with Crippen molar-refractivity contribution >= 4 is 34.5 Å². The van der Waals surface area contributed by atoms with Crippen molar-refractivity contribution in [2.24, 2.45) is 15.9 Å². The molecule has 1 aromatic rings. The lowest BCUT2D eigenvalue weighted by Gasteiger charge is -2.26. The van der Waals surface area contributed by atoms with Gasteiger partial charge in [0.2, 0.25) is 5.91 Å². The Morgan fingerprint density at radius 1 is 1.31 bits per heavy atom. The van der Waals surface area contributed by atoms with Crippen LogP contribution in [0.25, 0.3) is 0 Å². The Morgan fingerprint density at radius 2 is 2.15 bits per heavy atom. The van der Waals surface area contributed by atoms with Gasteiger partial charge in [0.1, 0.15) is 5.75 Å². The van der Waals surface area contributed by atoms with Crippen LogP contribution in [0, 0.1) is 5.92 Å². The molecule has 0 radical (unpaired) electrons. The number of aliphatic imine (C=N–C) groups is 2. The first kappa shape index (κ1) is 18.6. The van der Waals surface area contributed by atoms with Crippen LogP contribution in [0.4, 0.5) is 4.79 Å². The third-order valence-electron chi connectivity index (χ3n) is 4.58. The molecule has 3 rings (SSSR count). The number of carbonyl (C=O) groups is 2. The molecule has 1 aliphatic carbocycles. The molecule has 0 spiro atoms. The molecule has 1 unspecified atom stereocenters. The average molecular weight is 373 g/mol. The molecule has 0 bridgehead atoms. The van der Waals surface area contributed by atoms with Gasteiger partial charge in [-0.05, 0) is 37.3 Å². The summed E-state index contributed by atoms with van der Waals surface area (Å²) >= 11 is 1.36. The van der Waals surface area contributed by atoms with E-state index in [1.165, 1.54) is 11.8 Å². The summed E-state index contributed by atoms with van der Waals surface area (Å²) in [5.74, 6) is 1.17. The Morgan fingerprint density at radius 3 is 3.00 bits per heavy atom. The molecule has 2 aliphatic rings. The molecule has 1 saturated carbocycles. The number of nitrogens with zero attached hydrogens (tertiary/aromatic N) is 2. The van der Waals surface area contributed by atoms with Crippen molar-refractivity contribution in [2.75, 3.05) is 19.4 Å². The van der Waals surface area contributed by atoms with E-state index in [0.29, 0.717) is 13.0 Å². The van der Waals surface area contributed by atoms with Crippen molar-refractivity contribution in [2.45, 2.75) is 32.1 Å². The van der Waals surface area contributed by atoms with E-state index in [9.17, 15) is 9.59 Å². The number of methoxy groups -OCH3 is 1. The maximum atomic E-state index is 12.1. The zero-order valence-corrected chi connectivity index (χ0v) is 15.7. The smallest absolute Gasteiger partial charge is 0.367 e. The highest BCUT2D eigenvalue weighted by Gasteiger charge is 2.30. The van der Waals surface area contributed by atoms with Crippen LogP contribution in [0.5, 0.6) is 5.75 Å². The summed E-state index contributed by atoms with van der Waals surface area (Å²) in [5, 5.41) is 3.67. The molecule has 1 atom stereocenters. The molecule has 7 heteroatoms. The molecular weight excluding hydrogens is 350 g/mol. The molecule has 26 heavy (non-hydrogen) atoms. The largest absolute Gasteiger partial charge is 0.496 e. The number of rotatable bonds is 6. The number of para-hydroxylation sites is 1. The summed E-state index contributed by atoms with van der Waals surface area (Å²) in [7, 11) is 1.64. The van der Waals surface area contributed by atoms with E-state index in [1.54, 1.807) is 7.11 Å². The van der Waals surface area contributed by atoms with Gasteiger partial charge in [-0.1, -0.05) is 24.6 Å². The number of fused-ring (bicyclic) bond motifs is 1. The van der Waals surface area contributed by atoms with Crippen LogP contribution in [0.3, 0.4) is 0 Å². The molecule has 1 aliphatic heterocycles. The number of benzene rings is 1. The molecule has 1 N–H and O–H groups in total. The van der Waals surface area contributed by atoms with Crippen LogP contribution in [-0.4, -0.2) is 42.1 Å². The fourth-order valence-electron chi connectivity index (χ4n) is 3.28. The first-order valence-corrected chi connectivity index (χ1v) is 9.87. The highest BCUT2D eigenvalue weighted by molar-refractivity contribution is 8.14. The van der Waals surface area contributed by atoms with E-state index in [1.807, 2.05) is 24.3 Å². The fraction of sp³-hybridized carbons (Fsp3) is 0.474. The van der Waals surface area contributed by atoms with Crippen LogP contribution in [0.15, 0.2) is 34.3 Å². The van der Waals surface area contributed by atoms with Crippen molar-refractivity contribution in [1.29, 1.82) is 0 Å². The molecule has 1 aromatic carbocycles. The summed E-state index contributed by atoms with van der Waals surface area (Å²) in [4.78, 5) is 31.9. The molecule has 6 nitrogen and oxygen atoms in total. The Hall–Kier alpha value is -2.15. The lowest BCUT2D eigenvalue weighted by atomic mass is 9.87. The van der Waals surface area contributed by atoms with Crippen molar-refractivity contribution in [1.82, 2.24) is 5.32 Å². The van der Waals surface area contributed by atoms with E-state index in [4.69, 9.17) is 4.74 Å². The van der Waals surface area contributed by atoms with Gasteiger partial charge in [-0.3, -0.25) is 4.79 Å². The summed E-state index contributed by atoms with van der Waals surface area (Å²) in [6.07, 6.45) is 4.72. The van der Waals surface area contributed by atoms with E-state index >= 15 is 0 Å². The fourth-order valence-corrected chi connectivity index (χ4v) is 4.26. The minimum atomic E-state index is -0.433.